The van der Waals surface area contributed by atoms with Gasteiger partial charge in [0.2, 0.25) is 0 Å². The van der Waals surface area contributed by atoms with Crippen molar-refractivity contribution in [2.24, 2.45) is 5.73 Å². The third-order valence-electron chi connectivity index (χ3n) is 3.79. The second kappa shape index (κ2) is 5.65. The summed E-state index contributed by atoms with van der Waals surface area (Å²) in [6.07, 6.45) is 4.27. The SMILES string of the molecule is N=C(N)c1cc2c(/C=C/c3ccc4sccc4c3)cccc2s1. The monoisotopic (exact) mass is 334 g/mol. The number of nitrogens with one attached hydrogen (secondary N) is 1. The van der Waals surface area contributed by atoms with E-state index in [1.807, 2.05) is 12.1 Å². The van der Waals surface area contributed by atoms with Gasteiger partial charge in [0.05, 0.1) is 4.88 Å². The molecule has 2 nitrogen and oxygen atoms in total. The van der Waals surface area contributed by atoms with Gasteiger partial charge in [-0.3, -0.25) is 5.41 Å². The lowest BCUT2D eigenvalue weighted by Crippen LogP contribution is -2.08. The Hall–Kier alpha value is -2.43. The highest BCUT2D eigenvalue weighted by Gasteiger charge is 2.06. The second-order valence-corrected chi connectivity index (χ2v) is 7.37. The van der Waals surface area contributed by atoms with Crippen LogP contribution in [0.25, 0.3) is 32.3 Å². The molecule has 2 aromatic carbocycles. The first-order valence-electron chi connectivity index (χ1n) is 7.23. The summed E-state index contributed by atoms with van der Waals surface area (Å²) in [5.41, 5.74) is 7.95. The number of benzene rings is 2. The fraction of sp³-hybridized carbons (Fsp3) is 0. The van der Waals surface area contributed by atoms with Crippen LogP contribution in [-0.2, 0) is 0 Å². The average Bonchev–Trinajstić information content (AvgIpc) is 3.18. The lowest BCUT2D eigenvalue weighted by Gasteiger charge is -1.98. The van der Waals surface area contributed by atoms with Crippen molar-refractivity contribution in [2.45, 2.75) is 0 Å². The molecule has 0 spiro atoms. The maximum Gasteiger partial charge on any atom is 0.133 e. The van der Waals surface area contributed by atoms with Gasteiger partial charge < -0.3 is 5.73 Å². The summed E-state index contributed by atoms with van der Waals surface area (Å²) in [6.45, 7) is 0. The smallest absolute Gasteiger partial charge is 0.133 e. The maximum atomic E-state index is 7.61. The Labute approximate surface area is 142 Å². The molecule has 0 aliphatic heterocycles. The summed E-state index contributed by atoms with van der Waals surface area (Å²) in [7, 11) is 0. The molecule has 2 aromatic heterocycles. The van der Waals surface area contributed by atoms with E-state index in [1.165, 1.54) is 15.6 Å². The number of nitrogen functional groups attached to an aromatic ring is 1. The molecular formula is C19H14N2S2. The first-order valence-corrected chi connectivity index (χ1v) is 8.92. The normalized spacial score (nSPS) is 11.7. The molecule has 23 heavy (non-hydrogen) atoms. The standard InChI is InChI=1S/C19H14N2S2/c20-19(21)18-11-15-13(2-1-3-17(15)23-18)6-4-12-5-7-16-14(10-12)8-9-22-16/h1-11H,(H3,20,21)/b6-4+. The Kier molecular flexibility index (Phi) is 3.48. The molecule has 0 aliphatic rings. The van der Waals surface area contributed by atoms with Gasteiger partial charge in [-0.2, -0.15) is 0 Å². The summed E-state index contributed by atoms with van der Waals surface area (Å²) < 4.78 is 2.47. The van der Waals surface area contributed by atoms with E-state index in [-0.39, 0.29) is 5.84 Å². The van der Waals surface area contributed by atoms with Crippen molar-refractivity contribution in [3.63, 3.8) is 0 Å². The number of nitrogens with two attached hydrogens (primary N) is 1. The molecule has 0 saturated carbocycles. The number of thiophene rings is 2. The lowest BCUT2D eigenvalue weighted by molar-refractivity contribution is 1.46. The number of hydrogen-bond donors (Lipinski definition) is 2. The van der Waals surface area contributed by atoms with Gasteiger partial charge in [0, 0.05) is 14.8 Å². The summed E-state index contributed by atoms with van der Waals surface area (Å²) in [4.78, 5) is 0.820. The van der Waals surface area contributed by atoms with E-state index in [4.69, 9.17) is 11.1 Å². The minimum Gasteiger partial charge on any atom is -0.383 e. The Morgan fingerprint density at radius 3 is 2.78 bits per heavy atom. The zero-order chi connectivity index (χ0) is 15.8. The van der Waals surface area contributed by atoms with Gasteiger partial charge in [0.25, 0.3) is 0 Å². The predicted molar refractivity (Wildman–Crippen MR) is 104 cm³/mol. The summed E-state index contributed by atoms with van der Waals surface area (Å²) in [5.74, 6) is 0.129. The Morgan fingerprint density at radius 1 is 1.00 bits per heavy atom. The minimum absolute atomic E-state index is 0.129. The molecule has 0 amide bonds. The van der Waals surface area contributed by atoms with Gasteiger partial charge in [-0.1, -0.05) is 30.4 Å². The van der Waals surface area contributed by atoms with Crippen LogP contribution < -0.4 is 5.73 Å². The summed E-state index contributed by atoms with van der Waals surface area (Å²) in [6, 6.07) is 16.9. The van der Waals surface area contributed by atoms with Crippen molar-refractivity contribution in [3.05, 3.63) is 69.9 Å². The number of hydrogen-bond acceptors (Lipinski definition) is 3. The van der Waals surface area contributed by atoms with Crippen LogP contribution in [0.3, 0.4) is 0 Å². The number of rotatable bonds is 3. The van der Waals surface area contributed by atoms with Crippen LogP contribution in [0.1, 0.15) is 16.0 Å². The molecule has 0 radical (unpaired) electrons. The van der Waals surface area contributed by atoms with E-state index < -0.39 is 0 Å². The highest BCUT2D eigenvalue weighted by atomic mass is 32.1. The van der Waals surface area contributed by atoms with Crippen LogP contribution in [0.15, 0.2) is 53.9 Å². The molecule has 0 atom stereocenters. The molecule has 0 unspecified atom stereocenters. The lowest BCUT2D eigenvalue weighted by atomic mass is 10.1. The Bertz CT molecular complexity index is 1050. The van der Waals surface area contributed by atoms with E-state index in [0.717, 1.165) is 20.5 Å². The molecule has 0 saturated heterocycles. The van der Waals surface area contributed by atoms with Gasteiger partial charge in [-0.05, 0) is 52.2 Å². The van der Waals surface area contributed by atoms with Crippen molar-refractivity contribution in [1.29, 1.82) is 5.41 Å². The maximum absolute atomic E-state index is 7.61. The molecule has 0 fully saturated rings. The third kappa shape index (κ3) is 2.67. The van der Waals surface area contributed by atoms with Gasteiger partial charge in [-0.15, -0.1) is 22.7 Å². The molecule has 4 heteroatoms. The molecule has 4 aromatic rings. The fourth-order valence-electron chi connectivity index (χ4n) is 2.64. The van der Waals surface area contributed by atoms with Crippen molar-refractivity contribution in [1.82, 2.24) is 0 Å². The van der Waals surface area contributed by atoms with Gasteiger partial charge in [0.15, 0.2) is 0 Å². The highest BCUT2D eigenvalue weighted by Crippen LogP contribution is 2.29. The molecular weight excluding hydrogens is 320 g/mol. The number of fused-ring (bicyclic) bond motifs is 2. The quantitative estimate of drug-likeness (QED) is 0.287. The minimum atomic E-state index is 0.129. The van der Waals surface area contributed by atoms with Crippen molar-refractivity contribution >= 4 is 60.8 Å². The van der Waals surface area contributed by atoms with E-state index in [1.54, 1.807) is 22.7 Å². The zero-order valence-electron chi connectivity index (χ0n) is 12.2. The molecule has 112 valence electrons. The van der Waals surface area contributed by atoms with Crippen LogP contribution in [0, 0.1) is 5.41 Å². The molecule has 2 heterocycles. The molecule has 3 N–H and O–H groups in total. The predicted octanol–water partition coefficient (Wildman–Crippen LogP) is 5.57. The van der Waals surface area contributed by atoms with Crippen molar-refractivity contribution in [3.8, 4) is 0 Å². The molecule has 0 bridgehead atoms. The average molecular weight is 334 g/mol. The third-order valence-corrected chi connectivity index (χ3v) is 5.82. The van der Waals surface area contributed by atoms with Crippen molar-refractivity contribution in [2.75, 3.05) is 0 Å². The first kappa shape index (κ1) is 14.2. The van der Waals surface area contributed by atoms with Crippen LogP contribution >= 0.6 is 22.7 Å². The van der Waals surface area contributed by atoms with Crippen molar-refractivity contribution < 1.29 is 0 Å². The Morgan fingerprint density at radius 2 is 1.91 bits per heavy atom. The van der Waals surface area contributed by atoms with E-state index in [2.05, 4.69) is 53.9 Å². The Balaban J connectivity index is 1.75. The highest BCUT2D eigenvalue weighted by molar-refractivity contribution is 7.20. The van der Waals surface area contributed by atoms with Crippen LogP contribution in [-0.4, -0.2) is 5.84 Å². The van der Waals surface area contributed by atoms with E-state index >= 15 is 0 Å². The topological polar surface area (TPSA) is 49.9 Å². The number of amidine groups is 1. The van der Waals surface area contributed by atoms with Crippen LogP contribution in [0.5, 0.6) is 0 Å². The van der Waals surface area contributed by atoms with E-state index in [9.17, 15) is 0 Å². The largest absolute Gasteiger partial charge is 0.383 e. The zero-order valence-corrected chi connectivity index (χ0v) is 13.9. The van der Waals surface area contributed by atoms with Crippen LogP contribution in [0.4, 0.5) is 0 Å². The molecule has 0 aliphatic carbocycles. The van der Waals surface area contributed by atoms with Gasteiger partial charge in [-0.25, -0.2) is 0 Å². The summed E-state index contributed by atoms with van der Waals surface area (Å²) in [5, 5.41) is 12.2. The second-order valence-electron chi connectivity index (χ2n) is 5.33. The fourth-order valence-corrected chi connectivity index (χ4v) is 4.36. The summed E-state index contributed by atoms with van der Waals surface area (Å²) >= 11 is 3.33. The van der Waals surface area contributed by atoms with Crippen LogP contribution in [0.2, 0.25) is 0 Å². The van der Waals surface area contributed by atoms with Gasteiger partial charge in [0.1, 0.15) is 5.84 Å². The first-order chi connectivity index (χ1) is 11.2. The van der Waals surface area contributed by atoms with E-state index in [0.29, 0.717) is 0 Å². The van der Waals surface area contributed by atoms with Gasteiger partial charge >= 0.3 is 0 Å². The molecule has 4 rings (SSSR count).